The molecule has 0 saturated heterocycles. The first kappa shape index (κ1) is 18.2. The molecule has 0 aromatic rings. The highest BCUT2D eigenvalue weighted by atomic mass is 19.4. The third kappa shape index (κ3) is 7.59. The Balaban J connectivity index is 4.24. The molecule has 2 N–H and O–H groups in total. The summed E-state index contributed by atoms with van der Waals surface area (Å²) in [4.78, 5) is 33.2. The van der Waals surface area contributed by atoms with Crippen molar-refractivity contribution in [2.75, 3.05) is 6.54 Å². The Morgan fingerprint density at radius 1 is 1.15 bits per heavy atom. The Hall–Kier alpha value is -1.80. The molecule has 6 nitrogen and oxygen atoms in total. The van der Waals surface area contributed by atoms with Crippen LogP contribution in [0, 0.1) is 0 Å². The molecule has 0 aromatic heterocycles. The molecule has 0 aliphatic carbocycles. The number of Topliss-reactive ketones (excluding diaryl/α,β-unsaturated/α-hetero) is 1. The Labute approximate surface area is 114 Å². The van der Waals surface area contributed by atoms with E-state index in [9.17, 15) is 27.6 Å². The van der Waals surface area contributed by atoms with Crippen LogP contribution in [0.25, 0.3) is 0 Å². The van der Waals surface area contributed by atoms with E-state index in [4.69, 9.17) is 4.74 Å². The van der Waals surface area contributed by atoms with Gasteiger partial charge in [-0.1, -0.05) is 0 Å². The van der Waals surface area contributed by atoms with E-state index in [-0.39, 0.29) is 0 Å². The van der Waals surface area contributed by atoms with Crippen molar-refractivity contribution in [1.29, 1.82) is 0 Å². The zero-order chi connectivity index (χ0) is 16.1. The average molecular weight is 298 g/mol. The second-order valence-corrected chi connectivity index (χ2v) is 5.01. The largest absolute Gasteiger partial charge is 0.451 e. The Kier molecular flexibility index (Phi) is 5.98. The maximum absolute atomic E-state index is 11.9. The van der Waals surface area contributed by atoms with E-state index in [0.29, 0.717) is 0 Å². The summed E-state index contributed by atoms with van der Waals surface area (Å²) in [5, 5.41) is 3.91. The first-order valence-corrected chi connectivity index (χ1v) is 5.70. The number of hydrogen-bond donors (Lipinski definition) is 2. The molecule has 1 atom stereocenters. The van der Waals surface area contributed by atoms with Crippen molar-refractivity contribution in [2.45, 2.75) is 45.5 Å². The molecule has 0 radical (unpaired) electrons. The zero-order valence-electron chi connectivity index (χ0n) is 11.6. The monoisotopic (exact) mass is 298 g/mol. The summed E-state index contributed by atoms with van der Waals surface area (Å²) in [6.07, 6.45) is -5.89. The number of ether oxygens (including phenoxy) is 1. The molecular weight excluding hydrogens is 281 g/mol. The first-order valence-electron chi connectivity index (χ1n) is 5.70. The highest BCUT2D eigenvalue weighted by molar-refractivity contribution is 5.92. The molecule has 0 aliphatic heterocycles. The van der Waals surface area contributed by atoms with Crippen molar-refractivity contribution >= 4 is 17.8 Å². The number of halogens is 3. The van der Waals surface area contributed by atoms with Crippen molar-refractivity contribution in [3.63, 3.8) is 0 Å². The Morgan fingerprint density at radius 3 is 2.05 bits per heavy atom. The number of carbonyl (C=O) groups is 3. The lowest BCUT2D eigenvalue weighted by atomic mass is 10.2. The Bertz CT molecular complexity index is 388. The molecule has 0 bridgehead atoms. The molecule has 2 amide bonds. The minimum absolute atomic E-state index is 0.771. The van der Waals surface area contributed by atoms with Crippen LogP contribution < -0.4 is 10.6 Å². The van der Waals surface area contributed by atoms with Gasteiger partial charge in [-0.3, -0.25) is 9.59 Å². The van der Waals surface area contributed by atoms with Crippen molar-refractivity contribution in [3.8, 4) is 0 Å². The van der Waals surface area contributed by atoms with Gasteiger partial charge in [0.1, 0.15) is 11.6 Å². The van der Waals surface area contributed by atoms with Gasteiger partial charge >= 0.3 is 12.3 Å². The lowest BCUT2D eigenvalue weighted by Crippen LogP contribution is -2.48. The standard InChI is InChI=1S/C11H17F3N2O4/c1-6(16-9(19)20-10(2,3)4)8(18)15-5-7(17)11(12,13)14/h6H,5H2,1-4H3,(H,15,18)(H,16,19)/t6-/m1/s1. The molecule has 0 spiro atoms. The molecule has 0 heterocycles. The normalized spacial score (nSPS) is 13.3. The van der Waals surface area contributed by atoms with Crippen LogP contribution in [0.5, 0.6) is 0 Å². The number of amides is 2. The molecule has 0 aromatic carbocycles. The summed E-state index contributed by atoms with van der Waals surface area (Å²) in [6, 6.07) is -1.13. The van der Waals surface area contributed by atoms with E-state index in [1.165, 1.54) is 6.92 Å². The zero-order valence-corrected chi connectivity index (χ0v) is 11.6. The summed E-state index contributed by atoms with van der Waals surface area (Å²) in [7, 11) is 0. The molecule has 0 aliphatic rings. The molecule has 0 rings (SSSR count). The topological polar surface area (TPSA) is 84.5 Å². The third-order valence-corrected chi connectivity index (χ3v) is 1.87. The highest BCUT2D eigenvalue weighted by Gasteiger charge is 2.38. The van der Waals surface area contributed by atoms with Gasteiger partial charge in [-0.2, -0.15) is 13.2 Å². The summed E-state index contributed by atoms with van der Waals surface area (Å²) in [5.41, 5.74) is -0.771. The van der Waals surface area contributed by atoms with E-state index < -0.39 is 42.1 Å². The quantitative estimate of drug-likeness (QED) is 0.815. The van der Waals surface area contributed by atoms with Crippen LogP contribution in [-0.4, -0.2) is 42.1 Å². The fourth-order valence-electron chi connectivity index (χ4n) is 0.971. The van der Waals surface area contributed by atoms with E-state index in [1.54, 1.807) is 26.1 Å². The number of rotatable bonds is 4. The molecule has 9 heteroatoms. The van der Waals surface area contributed by atoms with Crippen molar-refractivity contribution < 1.29 is 32.3 Å². The van der Waals surface area contributed by atoms with E-state index >= 15 is 0 Å². The first-order chi connectivity index (χ1) is 8.83. The molecule has 0 unspecified atom stereocenters. The van der Waals surface area contributed by atoms with Gasteiger partial charge in [0.2, 0.25) is 5.91 Å². The smallest absolute Gasteiger partial charge is 0.444 e. The number of ketones is 1. The van der Waals surface area contributed by atoms with Crippen LogP contribution in [-0.2, 0) is 14.3 Å². The number of nitrogens with one attached hydrogen (secondary N) is 2. The fraction of sp³-hybridized carbons (Fsp3) is 0.727. The van der Waals surface area contributed by atoms with Gasteiger partial charge in [0, 0.05) is 0 Å². The Morgan fingerprint density at radius 2 is 1.65 bits per heavy atom. The number of carbonyl (C=O) groups excluding carboxylic acids is 3. The lowest BCUT2D eigenvalue weighted by molar-refractivity contribution is -0.170. The van der Waals surface area contributed by atoms with Crippen LogP contribution in [0.15, 0.2) is 0 Å². The van der Waals surface area contributed by atoms with Gasteiger partial charge in [0.15, 0.2) is 0 Å². The number of alkyl halides is 3. The molecule has 116 valence electrons. The van der Waals surface area contributed by atoms with Crippen LogP contribution in [0.1, 0.15) is 27.7 Å². The van der Waals surface area contributed by atoms with E-state index in [1.807, 2.05) is 0 Å². The number of hydrogen-bond acceptors (Lipinski definition) is 4. The van der Waals surface area contributed by atoms with Crippen molar-refractivity contribution in [3.05, 3.63) is 0 Å². The fourth-order valence-corrected chi connectivity index (χ4v) is 0.971. The third-order valence-electron chi connectivity index (χ3n) is 1.87. The van der Waals surface area contributed by atoms with Crippen LogP contribution in [0.4, 0.5) is 18.0 Å². The predicted octanol–water partition coefficient (Wildman–Crippen LogP) is 1.15. The van der Waals surface area contributed by atoms with Crippen molar-refractivity contribution in [1.82, 2.24) is 10.6 Å². The SMILES string of the molecule is C[C@@H](NC(=O)OC(C)(C)C)C(=O)NCC(=O)C(F)(F)F. The van der Waals surface area contributed by atoms with E-state index in [2.05, 4.69) is 5.32 Å². The maximum atomic E-state index is 11.9. The lowest BCUT2D eigenvalue weighted by Gasteiger charge is -2.21. The molecular formula is C11H17F3N2O4. The van der Waals surface area contributed by atoms with E-state index in [0.717, 1.165) is 0 Å². The minimum atomic E-state index is -5.00. The average Bonchev–Trinajstić information content (AvgIpc) is 2.20. The van der Waals surface area contributed by atoms with Gasteiger partial charge in [0.05, 0.1) is 6.54 Å². The summed E-state index contributed by atoms with van der Waals surface area (Å²) < 4.78 is 40.6. The molecule has 0 saturated carbocycles. The van der Waals surface area contributed by atoms with Gasteiger partial charge in [-0.25, -0.2) is 4.79 Å². The molecule has 20 heavy (non-hydrogen) atoms. The second-order valence-electron chi connectivity index (χ2n) is 5.01. The van der Waals surface area contributed by atoms with Crippen molar-refractivity contribution in [2.24, 2.45) is 0 Å². The van der Waals surface area contributed by atoms with Crippen LogP contribution >= 0.6 is 0 Å². The summed E-state index contributed by atoms with van der Waals surface area (Å²) in [5.74, 6) is -3.00. The predicted molar refractivity (Wildman–Crippen MR) is 62.9 cm³/mol. The van der Waals surface area contributed by atoms with Crippen LogP contribution in [0.3, 0.4) is 0 Å². The minimum Gasteiger partial charge on any atom is -0.444 e. The van der Waals surface area contributed by atoms with Gasteiger partial charge in [0.25, 0.3) is 5.78 Å². The maximum Gasteiger partial charge on any atom is 0.451 e. The molecule has 0 fully saturated rings. The van der Waals surface area contributed by atoms with Crippen LogP contribution in [0.2, 0.25) is 0 Å². The van der Waals surface area contributed by atoms with Gasteiger partial charge < -0.3 is 15.4 Å². The highest BCUT2D eigenvalue weighted by Crippen LogP contribution is 2.14. The number of alkyl carbamates (subject to hydrolysis) is 1. The summed E-state index contributed by atoms with van der Waals surface area (Å²) in [6.45, 7) is 4.90. The van der Waals surface area contributed by atoms with Gasteiger partial charge in [-0.05, 0) is 27.7 Å². The second kappa shape index (κ2) is 6.58. The van der Waals surface area contributed by atoms with Gasteiger partial charge in [-0.15, -0.1) is 0 Å². The summed E-state index contributed by atoms with van der Waals surface area (Å²) >= 11 is 0.